The highest BCUT2D eigenvalue weighted by Crippen LogP contribution is 2.33. The Morgan fingerprint density at radius 3 is 2.59 bits per heavy atom. The first kappa shape index (κ1) is 13.4. The maximum Gasteiger partial charge on any atom is 0.329 e. The Morgan fingerprint density at radius 1 is 1.47 bits per heavy atom. The molecular weight excluding hydrogens is 248 g/mol. The second-order valence-corrected chi connectivity index (χ2v) is 5.25. The van der Waals surface area contributed by atoms with E-state index in [9.17, 15) is 18.5 Å². The quantitative estimate of drug-likeness (QED) is 0.603. The van der Waals surface area contributed by atoms with E-state index in [2.05, 4.69) is 0 Å². The number of nitro benzene ring substituents is 1. The third kappa shape index (κ3) is 3.14. The molecule has 0 unspecified atom stereocenters. The van der Waals surface area contributed by atoms with Crippen molar-refractivity contribution in [3.8, 4) is 5.75 Å². The first-order chi connectivity index (χ1) is 7.88. The number of rotatable bonds is 5. The molecule has 0 atom stereocenters. The van der Waals surface area contributed by atoms with Crippen LogP contribution in [0.25, 0.3) is 0 Å². The van der Waals surface area contributed by atoms with E-state index in [0.717, 1.165) is 6.26 Å². The molecule has 0 aromatic heterocycles. The van der Waals surface area contributed by atoms with Crippen molar-refractivity contribution in [3.63, 3.8) is 0 Å². The van der Waals surface area contributed by atoms with Crippen LogP contribution in [0, 0.1) is 10.1 Å². The van der Waals surface area contributed by atoms with E-state index < -0.39 is 20.4 Å². The zero-order chi connectivity index (χ0) is 13.1. The molecule has 1 aromatic rings. The van der Waals surface area contributed by atoms with Crippen LogP contribution in [0.1, 0.15) is 0 Å². The van der Waals surface area contributed by atoms with Crippen LogP contribution >= 0.6 is 0 Å². The van der Waals surface area contributed by atoms with Crippen molar-refractivity contribution in [1.29, 1.82) is 0 Å². The van der Waals surface area contributed by atoms with E-state index in [-0.39, 0.29) is 23.8 Å². The van der Waals surface area contributed by atoms with Crippen molar-refractivity contribution in [1.82, 2.24) is 0 Å². The van der Waals surface area contributed by atoms with Gasteiger partial charge in [-0.05, 0) is 12.1 Å². The molecule has 8 heteroatoms. The molecule has 0 aliphatic rings. The van der Waals surface area contributed by atoms with Crippen LogP contribution in [0.3, 0.4) is 0 Å². The van der Waals surface area contributed by atoms with Crippen LogP contribution in [0.2, 0.25) is 0 Å². The van der Waals surface area contributed by atoms with E-state index in [1.165, 1.54) is 18.2 Å². The van der Waals surface area contributed by atoms with Gasteiger partial charge in [0.2, 0.25) is 0 Å². The Bertz CT molecular complexity index is 526. The molecule has 1 rings (SSSR count). The number of nitrogens with zero attached hydrogens (tertiary/aromatic N) is 1. The summed E-state index contributed by atoms with van der Waals surface area (Å²) in [6.45, 7) is 0.258. The van der Waals surface area contributed by atoms with Crippen molar-refractivity contribution in [2.45, 2.75) is 4.90 Å². The lowest BCUT2D eigenvalue weighted by atomic mass is 10.3. The summed E-state index contributed by atoms with van der Waals surface area (Å²) in [5, 5.41) is 10.9. The number of hydrogen-bond donors (Lipinski definition) is 1. The lowest BCUT2D eigenvalue weighted by Gasteiger charge is -2.07. The highest BCUT2D eigenvalue weighted by atomic mass is 32.2. The fraction of sp³-hybridized carbons (Fsp3) is 0.333. The van der Waals surface area contributed by atoms with E-state index in [4.69, 9.17) is 10.5 Å². The lowest BCUT2D eigenvalue weighted by Crippen LogP contribution is -2.12. The van der Waals surface area contributed by atoms with Crippen LogP contribution in [0.15, 0.2) is 23.1 Å². The zero-order valence-electron chi connectivity index (χ0n) is 9.12. The summed E-state index contributed by atoms with van der Waals surface area (Å²) in [6, 6.07) is 3.89. The normalized spacial score (nSPS) is 11.2. The summed E-state index contributed by atoms with van der Waals surface area (Å²) >= 11 is 0. The molecule has 2 N–H and O–H groups in total. The van der Waals surface area contributed by atoms with Crippen LogP contribution in [0.4, 0.5) is 5.69 Å². The SMILES string of the molecule is CS(=O)(=O)c1cccc(OCCN)c1[N+](=O)[O-]. The Kier molecular flexibility index (Phi) is 4.02. The third-order valence-electron chi connectivity index (χ3n) is 1.92. The summed E-state index contributed by atoms with van der Waals surface area (Å²) in [5.41, 5.74) is 4.66. The molecule has 7 nitrogen and oxygen atoms in total. The van der Waals surface area contributed by atoms with Gasteiger partial charge in [0.05, 0.1) is 4.92 Å². The first-order valence-corrected chi connectivity index (χ1v) is 6.57. The van der Waals surface area contributed by atoms with E-state index in [1.54, 1.807) is 0 Å². The number of nitro groups is 1. The van der Waals surface area contributed by atoms with Gasteiger partial charge in [0.25, 0.3) is 0 Å². The smallest absolute Gasteiger partial charge is 0.329 e. The molecule has 0 fully saturated rings. The molecule has 0 spiro atoms. The van der Waals surface area contributed by atoms with Gasteiger partial charge in [-0.2, -0.15) is 0 Å². The summed E-state index contributed by atoms with van der Waals surface area (Å²) < 4.78 is 27.9. The van der Waals surface area contributed by atoms with Crippen molar-refractivity contribution in [3.05, 3.63) is 28.3 Å². The number of para-hydroxylation sites is 1. The van der Waals surface area contributed by atoms with Gasteiger partial charge in [-0.25, -0.2) is 8.42 Å². The lowest BCUT2D eigenvalue weighted by molar-refractivity contribution is -0.388. The van der Waals surface area contributed by atoms with Gasteiger partial charge >= 0.3 is 5.69 Å². The van der Waals surface area contributed by atoms with Gasteiger partial charge in [0.1, 0.15) is 11.5 Å². The summed E-state index contributed by atoms with van der Waals surface area (Å²) in [4.78, 5) is 9.74. The minimum absolute atomic E-state index is 0.0774. The zero-order valence-corrected chi connectivity index (χ0v) is 9.94. The Morgan fingerprint density at radius 2 is 2.12 bits per heavy atom. The standard InChI is InChI=1S/C9H12N2O5S/c1-17(14,15)8-4-2-3-7(16-6-5-10)9(8)11(12)13/h2-4H,5-6,10H2,1H3. The largest absolute Gasteiger partial charge is 0.485 e. The van der Waals surface area contributed by atoms with E-state index in [1.807, 2.05) is 0 Å². The van der Waals surface area contributed by atoms with Crippen LogP contribution in [-0.2, 0) is 9.84 Å². The monoisotopic (exact) mass is 260 g/mol. The number of nitrogens with two attached hydrogens (primary N) is 1. The summed E-state index contributed by atoms with van der Waals surface area (Å²) in [7, 11) is -3.68. The third-order valence-corrected chi connectivity index (χ3v) is 3.05. The maximum atomic E-state index is 11.4. The molecular formula is C9H12N2O5S. The summed E-state index contributed by atoms with van der Waals surface area (Å²) in [6.07, 6.45) is 0.905. The predicted octanol–water partition coefficient (Wildman–Crippen LogP) is 0.336. The number of sulfone groups is 1. The van der Waals surface area contributed by atoms with Crippen molar-refractivity contribution in [2.24, 2.45) is 5.73 Å². The van der Waals surface area contributed by atoms with Gasteiger partial charge in [-0.15, -0.1) is 0 Å². The van der Waals surface area contributed by atoms with E-state index in [0.29, 0.717) is 0 Å². The highest BCUT2D eigenvalue weighted by Gasteiger charge is 2.26. The molecule has 17 heavy (non-hydrogen) atoms. The Labute approximate surface area is 98.3 Å². The molecule has 0 aliphatic heterocycles. The van der Waals surface area contributed by atoms with Crippen molar-refractivity contribution < 1.29 is 18.1 Å². The van der Waals surface area contributed by atoms with Crippen molar-refractivity contribution >= 4 is 15.5 Å². The Hall–Kier alpha value is -1.67. The second-order valence-electron chi connectivity index (χ2n) is 3.27. The van der Waals surface area contributed by atoms with Gasteiger partial charge in [0, 0.05) is 12.8 Å². The number of benzene rings is 1. The molecule has 0 saturated heterocycles. The van der Waals surface area contributed by atoms with Gasteiger partial charge in [0.15, 0.2) is 15.6 Å². The van der Waals surface area contributed by atoms with Gasteiger partial charge in [-0.3, -0.25) is 10.1 Å². The molecule has 0 bridgehead atoms. The van der Waals surface area contributed by atoms with Gasteiger partial charge in [-0.1, -0.05) is 6.07 Å². The average molecular weight is 260 g/mol. The van der Waals surface area contributed by atoms with Crippen molar-refractivity contribution in [2.75, 3.05) is 19.4 Å². The molecule has 94 valence electrons. The second kappa shape index (κ2) is 5.11. The fourth-order valence-electron chi connectivity index (χ4n) is 1.27. The van der Waals surface area contributed by atoms with E-state index >= 15 is 0 Å². The minimum atomic E-state index is -3.68. The molecule has 0 amide bonds. The molecule has 0 saturated carbocycles. The first-order valence-electron chi connectivity index (χ1n) is 4.68. The number of hydrogen-bond acceptors (Lipinski definition) is 6. The Balaban J connectivity index is 3.38. The number of ether oxygens (including phenoxy) is 1. The fourth-order valence-corrected chi connectivity index (χ4v) is 2.12. The molecule has 0 radical (unpaired) electrons. The summed E-state index contributed by atoms with van der Waals surface area (Å²) in [5.74, 6) is -0.0941. The van der Waals surface area contributed by atoms with Crippen LogP contribution < -0.4 is 10.5 Å². The maximum absolute atomic E-state index is 11.4. The van der Waals surface area contributed by atoms with Crippen LogP contribution in [0.5, 0.6) is 5.75 Å². The topological polar surface area (TPSA) is 113 Å². The predicted molar refractivity (Wildman–Crippen MR) is 60.8 cm³/mol. The minimum Gasteiger partial charge on any atom is -0.485 e. The highest BCUT2D eigenvalue weighted by molar-refractivity contribution is 7.90. The molecule has 1 aromatic carbocycles. The molecule has 0 heterocycles. The van der Waals surface area contributed by atoms with Gasteiger partial charge < -0.3 is 10.5 Å². The molecule has 0 aliphatic carbocycles. The van der Waals surface area contributed by atoms with Crippen LogP contribution in [-0.4, -0.2) is 32.7 Å². The average Bonchev–Trinajstić information content (AvgIpc) is 2.24.